The fourth-order valence-electron chi connectivity index (χ4n) is 5.07. The molecule has 1 fully saturated rings. The molecule has 2 aliphatic heterocycles. The third-order valence-electron chi connectivity index (χ3n) is 6.81. The molecule has 2 aliphatic rings. The molecule has 0 unspecified atom stereocenters. The maximum atomic E-state index is 13.5. The van der Waals surface area contributed by atoms with Gasteiger partial charge in [-0.3, -0.25) is 4.79 Å². The number of fused-ring (bicyclic) bond motifs is 1. The first-order valence-corrected chi connectivity index (χ1v) is 12.9. The average Bonchev–Trinajstić information content (AvgIpc) is 3.41. The monoisotopic (exact) mass is 486 g/mol. The predicted octanol–water partition coefficient (Wildman–Crippen LogP) is 3.63. The van der Waals surface area contributed by atoms with Gasteiger partial charge in [-0.1, -0.05) is 11.2 Å². The molecule has 0 aliphatic carbocycles. The van der Waals surface area contributed by atoms with Crippen molar-refractivity contribution < 1.29 is 22.1 Å². The molecular weight excluding hydrogens is 459 g/mol. The maximum absolute atomic E-state index is 13.5. The predicted molar refractivity (Wildman–Crippen MR) is 125 cm³/mol. The molecule has 8 nitrogen and oxygen atoms in total. The fraction of sp³-hybridized carbons (Fsp3) is 0.417. The minimum atomic E-state index is -3.78. The van der Waals surface area contributed by atoms with Gasteiger partial charge in [-0.2, -0.15) is 4.31 Å². The van der Waals surface area contributed by atoms with Crippen LogP contribution in [-0.4, -0.2) is 59.8 Å². The van der Waals surface area contributed by atoms with Crippen LogP contribution >= 0.6 is 0 Å². The highest BCUT2D eigenvalue weighted by Crippen LogP contribution is 2.32. The van der Waals surface area contributed by atoms with Crippen LogP contribution in [0.25, 0.3) is 16.5 Å². The Bertz CT molecular complexity index is 1370. The first kappa shape index (κ1) is 22.8. The second-order valence-electron chi connectivity index (χ2n) is 9.01. The van der Waals surface area contributed by atoms with Crippen molar-refractivity contribution in [2.45, 2.75) is 38.0 Å². The number of carbonyl (C=O) groups excluding carboxylic acids is 1. The summed E-state index contributed by atoms with van der Waals surface area (Å²) < 4.78 is 46.3. The number of aryl methyl sites for hydroxylation is 2. The number of H-pyrrole nitrogens is 1. The highest BCUT2D eigenvalue weighted by atomic mass is 32.2. The van der Waals surface area contributed by atoms with Crippen LogP contribution in [0.4, 0.5) is 4.39 Å². The molecule has 1 N–H and O–H groups in total. The standard InChI is InChI=1S/C24H27FN4O4S/c1-15-23(16(2)33-27-15)34(31,32)29-9-3-4-18(14-29)24(30)28-10-7-17(8-11-28)21-13-26-22-12-19(25)5-6-20(21)22/h5-7,12-13,18,26H,3-4,8-11,14H2,1-2H3/t18-/m0/s1. The summed E-state index contributed by atoms with van der Waals surface area (Å²) in [6, 6.07) is 4.69. The summed E-state index contributed by atoms with van der Waals surface area (Å²) in [6.07, 6.45) is 5.89. The molecule has 5 rings (SSSR count). The molecule has 1 atom stereocenters. The van der Waals surface area contributed by atoms with Crippen LogP contribution in [0.15, 0.2) is 39.9 Å². The zero-order valence-electron chi connectivity index (χ0n) is 19.2. The first-order chi connectivity index (χ1) is 16.3. The number of rotatable bonds is 4. The second-order valence-corrected chi connectivity index (χ2v) is 10.9. The lowest BCUT2D eigenvalue weighted by atomic mass is 9.95. The number of sulfonamides is 1. The van der Waals surface area contributed by atoms with Gasteiger partial charge >= 0.3 is 0 Å². The zero-order valence-corrected chi connectivity index (χ0v) is 20.0. The summed E-state index contributed by atoms with van der Waals surface area (Å²) in [7, 11) is -3.78. The van der Waals surface area contributed by atoms with E-state index in [0.29, 0.717) is 44.6 Å². The normalized spacial score (nSPS) is 20.0. The number of hydrogen-bond acceptors (Lipinski definition) is 5. The molecule has 0 radical (unpaired) electrons. The van der Waals surface area contributed by atoms with Gasteiger partial charge < -0.3 is 14.4 Å². The van der Waals surface area contributed by atoms with E-state index in [1.807, 2.05) is 12.3 Å². The maximum Gasteiger partial charge on any atom is 0.248 e. The van der Waals surface area contributed by atoms with E-state index in [0.717, 1.165) is 22.0 Å². The topological polar surface area (TPSA) is 99.5 Å². The van der Waals surface area contributed by atoms with Crippen LogP contribution in [-0.2, 0) is 14.8 Å². The summed E-state index contributed by atoms with van der Waals surface area (Å²) >= 11 is 0. The highest BCUT2D eigenvalue weighted by Gasteiger charge is 2.37. The van der Waals surface area contributed by atoms with Crippen LogP contribution in [0.3, 0.4) is 0 Å². The SMILES string of the molecule is Cc1noc(C)c1S(=O)(=O)N1CCC[C@H](C(=O)N2CC=C(c3c[nH]c4cc(F)ccc34)CC2)C1. The first-order valence-electron chi connectivity index (χ1n) is 11.4. The number of aromatic amines is 1. The molecule has 34 heavy (non-hydrogen) atoms. The van der Waals surface area contributed by atoms with Crippen molar-refractivity contribution in [3.05, 3.63) is 53.3 Å². The van der Waals surface area contributed by atoms with Crippen molar-refractivity contribution in [2.75, 3.05) is 26.2 Å². The molecule has 10 heteroatoms. The van der Waals surface area contributed by atoms with Crippen molar-refractivity contribution in [3.8, 4) is 0 Å². The van der Waals surface area contributed by atoms with Crippen LogP contribution in [0.1, 0.15) is 36.3 Å². The molecule has 0 bridgehead atoms. The van der Waals surface area contributed by atoms with Gasteiger partial charge in [-0.05, 0) is 56.9 Å². The van der Waals surface area contributed by atoms with Crippen LogP contribution in [0, 0.1) is 25.6 Å². The van der Waals surface area contributed by atoms with Gasteiger partial charge in [-0.25, -0.2) is 12.8 Å². The Morgan fingerprint density at radius 1 is 1.26 bits per heavy atom. The summed E-state index contributed by atoms with van der Waals surface area (Å²) in [4.78, 5) is 18.3. The fourth-order valence-corrected chi connectivity index (χ4v) is 6.89. The van der Waals surface area contributed by atoms with Gasteiger partial charge in [0, 0.05) is 48.8 Å². The Morgan fingerprint density at radius 3 is 2.79 bits per heavy atom. The van der Waals surface area contributed by atoms with Crippen LogP contribution < -0.4 is 0 Å². The molecule has 1 saturated heterocycles. The van der Waals surface area contributed by atoms with Crippen molar-refractivity contribution in [2.24, 2.45) is 5.92 Å². The molecule has 0 spiro atoms. The Kier molecular flexibility index (Phi) is 5.81. The third kappa shape index (κ3) is 3.94. The minimum absolute atomic E-state index is 0.0186. The largest absolute Gasteiger partial charge is 0.360 e. The lowest BCUT2D eigenvalue weighted by Crippen LogP contribution is -2.47. The number of nitrogens with zero attached hydrogens (tertiary/aromatic N) is 3. The number of halogens is 1. The van der Waals surface area contributed by atoms with Crippen LogP contribution in [0.5, 0.6) is 0 Å². The van der Waals surface area contributed by atoms with Gasteiger partial charge in [-0.15, -0.1) is 0 Å². The lowest BCUT2D eigenvalue weighted by Gasteiger charge is -2.35. The lowest BCUT2D eigenvalue weighted by molar-refractivity contribution is -0.136. The molecule has 1 aromatic carbocycles. The third-order valence-corrected chi connectivity index (χ3v) is 8.92. The van der Waals surface area contributed by atoms with Crippen LogP contribution in [0.2, 0.25) is 0 Å². The molecular formula is C24H27FN4O4S. The van der Waals surface area contributed by atoms with E-state index in [2.05, 4.69) is 10.1 Å². The minimum Gasteiger partial charge on any atom is -0.360 e. The Morgan fingerprint density at radius 2 is 2.09 bits per heavy atom. The summed E-state index contributed by atoms with van der Waals surface area (Å²) in [5.74, 6) is -0.419. The van der Waals surface area contributed by atoms with Crippen molar-refractivity contribution in [3.63, 3.8) is 0 Å². The highest BCUT2D eigenvalue weighted by molar-refractivity contribution is 7.89. The number of aromatic nitrogens is 2. The molecule has 1 amide bonds. The summed E-state index contributed by atoms with van der Waals surface area (Å²) in [5, 5.41) is 4.73. The molecule has 0 saturated carbocycles. The summed E-state index contributed by atoms with van der Waals surface area (Å²) in [5.41, 5.74) is 3.22. The smallest absolute Gasteiger partial charge is 0.248 e. The number of nitrogens with one attached hydrogen (secondary N) is 1. The van der Waals surface area contributed by atoms with E-state index in [1.54, 1.807) is 24.8 Å². The number of benzene rings is 1. The number of amides is 1. The number of piperidine rings is 1. The average molecular weight is 487 g/mol. The zero-order chi connectivity index (χ0) is 24.0. The quantitative estimate of drug-likeness (QED) is 0.607. The van der Waals surface area contributed by atoms with Gasteiger partial charge in [0.1, 0.15) is 16.4 Å². The van der Waals surface area contributed by atoms with Crippen molar-refractivity contribution >= 4 is 32.4 Å². The van der Waals surface area contributed by atoms with E-state index in [-0.39, 0.29) is 34.8 Å². The van der Waals surface area contributed by atoms with E-state index in [4.69, 9.17) is 4.52 Å². The Labute approximate surface area is 197 Å². The van der Waals surface area contributed by atoms with Gasteiger partial charge in [0.15, 0.2) is 5.76 Å². The molecule has 180 valence electrons. The number of hydrogen-bond donors (Lipinski definition) is 1. The second kappa shape index (κ2) is 8.66. The van der Waals surface area contributed by atoms with Crippen molar-refractivity contribution in [1.82, 2.24) is 19.3 Å². The van der Waals surface area contributed by atoms with Gasteiger partial charge in [0.05, 0.1) is 5.92 Å². The van der Waals surface area contributed by atoms with E-state index in [1.165, 1.54) is 16.4 Å². The van der Waals surface area contributed by atoms with Gasteiger partial charge in [0.25, 0.3) is 0 Å². The van der Waals surface area contributed by atoms with Gasteiger partial charge in [0.2, 0.25) is 15.9 Å². The summed E-state index contributed by atoms with van der Waals surface area (Å²) in [6.45, 7) is 4.76. The molecule has 4 heterocycles. The molecule has 2 aromatic heterocycles. The Balaban J connectivity index is 1.29. The van der Waals surface area contributed by atoms with E-state index < -0.39 is 10.0 Å². The van der Waals surface area contributed by atoms with E-state index in [9.17, 15) is 17.6 Å². The van der Waals surface area contributed by atoms with E-state index >= 15 is 0 Å². The Hall–Kier alpha value is -2.98. The number of carbonyl (C=O) groups is 1. The van der Waals surface area contributed by atoms with Crippen molar-refractivity contribution in [1.29, 1.82) is 0 Å². The molecule has 3 aromatic rings.